The second kappa shape index (κ2) is 8.41. The zero-order valence-corrected chi connectivity index (χ0v) is 13.6. The van der Waals surface area contributed by atoms with E-state index in [9.17, 15) is 14.0 Å². The Balaban J connectivity index is 2.07. The Morgan fingerprint density at radius 1 is 1.33 bits per heavy atom. The van der Waals surface area contributed by atoms with Crippen molar-refractivity contribution in [3.05, 3.63) is 35.9 Å². The number of halogens is 1. The maximum absolute atomic E-state index is 13.8. The number of nitrogens with two attached hydrogens (primary N) is 1. The number of hydrogen-bond donors (Lipinski definition) is 1. The van der Waals surface area contributed by atoms with Gasteiger partial charge in [0.25, 0.3) is 5.91 Å². The highest BCUT2D eigenvalue weighted by atomic mass is 32.2. The summed E-state index contributed by atoms with van der Waals surface area (Å²) in [7, 11) is 0. The van der Waals surface area contributed by atoms with E-state index < -0.39 is 17.7 Å². The molecule has 0 radical (unpaired) electrons. The third kappa shape index (κ3) is 5.03. The van der Waals surface area contributed by atoms with Crippen molar-refractivity contribution in [1.82, 2.24) is 14.8 Å². The van der Waals surface area contributed by atoms with Crippen molar-refractivity contribution in [2.24, 2.45) is 5.73 Å². The van der Waals surface area contributed by atoms with Gasteiger partial charge in [-0.3, -0.25) is 9.59 Å². The van der Waals surface area contributed by atoms with Gasteiger partial charge in [0, 0.05) is 6.92 Å². The molecule has 1 heterocycles. The lowest BCUT2D eigenvalue weighted by molar-refractivity contribution is -0.143. The van der Waals surface area contributed by atoms with Gasteiger partial charge in [0.15, 0.2) is 5.16 Å². The van der Waals surface area contributed by atoms with E-state index in [-0.39, 0.29) is 30.9 Å². The number of esters is 1. The molecule has 0 aliphatic carbocycles. The predicted molar refractivity (Wildman–Crippen MR) is 81.6 cm³/mol. The number of aromatic nitrogens is 3. The minimum Gasteiger partial charge on any atom is -0.463 e. The summed E-state index contributed by atoms with van der Waals surface area (Å²) in [5.41, 5.74) is 5.17. The Morgan fingerprint density at radius 3 is 2.75 bits per heavy atom. The summed E-state index contributed by atoms with van der Waals surface area (Å²) in [5, 5.41) is 4.17. The molecule has 0 fully saturated rings. The minimum absolute atomic E-state index is 0.0572. The van der Waals surface area contributed by atoms with E-state index in [1.165, 1.54) is 17.7 Å². The SMILES string of the molecule is CC(=O)OCCOCn1nc(C(N)=O)nc1Sc1ccccc1F. The van der Waals surface area contributed by atoms with Crippen LogP contribution in [0.2, 0.25) is 0 Å². The Hall–Kier alpha value is -2.46. The van der Waals surface area contributed by atoms with Crippen LogP contribution in [-0.4, -0.2) is 39.9 Å². The van der Waals surface area contributed by atoms with Crippen LogP contribution in [0, 0.1) is 5.82 Å². The van der Waals surface area contributed by atoms with Gasteiger partial charge in [-0.15, -0.1) is 5.10 Å². The molecule has 0 saturated heterocycles. The van der Waals surface area contributed by atoms with Gasteiger partial charge in [0.1, 0.15) is 19.2 Å². The molecule has 1 aromatic heterocycles. The van der Waals surface area contributed by atoms with Crippen molar-refractivity contribution in [2.45, 2.75) is 23.7 Å². The van der Waals surface area contributed by atoms with Crippen LogP contribution in [0.25, 0.3) is 0 Å². The Labute approximate surface area is 141 Å². The minimum atomic E-state index is -0.802. The summed E-state index contributed by atoms with van der Waals surface area (Å²) >= 11 is 0.989. The summed E-state index contributed by atoms with van der Waals surface area (Å²) < 4.78 is 25.1. The molecule has 8 nitrogen and oxygen atoms in total. The van der Waals surface area contributed by atoms with Gasteiger partial charge in [0.2, 0.25) is 5.82 Å². The van der Waals surface area contributed by atoms with E-state index in [1.807, 2.05) is 0 Å². The molecule has 2 rings (SSSR count). The molecule has 0 aliphatic heterocycles. The van der Waals surface area contributed by atoms with Gasteiger partial charge >= 0.3 is 5.97 Å². The molecule has 0 unspecified atom stereocenters. The largest absolute Gasteiger partial charge is 0.463 e. The highest BCUT2D eigenvalue weighted by molar-refractivity contribution is 7.99. The highest BCUT2D eigenvalue weighted by Gasteiger charge is 2.16. The molecule has 0 aliphatic rings. The standard InChI is InChI=1S/C14H15FN4O4S/c1-9(20)23-7-6-22-8-19-14(17-13(18-19)12(16)21)24-11-5-3-2-4-10(11)15/h2-5H,6-8H2,1H3,(H2,16,21). The molecule has 2 N–H and O–H groups in total. The smallest absolute Gasteiger partial charge is 0.302 e. The summed E-state index contributed by atoms with van der Waals surface area (Å²) in [6, 6.07) is 6.13. The van der Waals surface area contributed by atoms with Gasteiger partial charge < -0.3 is 15.2 Å². The summed E-state index contributed by atoms with van der Waals surface area (Å²) in [5.74, 6) is -1.83. The van der Waals surface area contributed by atoms with Crippen LogP contribution >= 0.6 is 11.8 Å². The van der Waals surface area contributed by atoms with Crippen LogP contribution in [0.3, 0.4) is 0 Å². The number of primary amides is 1. The fourth-order valence-corrected chi connectivity index (χ4v) is 2.45. The summed E-state index contributed by atoms with van der Waals surface area (Å²) in [6.45, 7) is 1.45. The van der Waals surface area contributed by atoms with Crippen molar-refractivity contribution >= 4 is 23.6 Å². The Bertz CT molecular complexity index is 737. The van der Waals surface area contributed by atoms with E-state index in [2.05, 4.69) is 10.1 Å². The average Bonchev–Trinajstić information content (AvgIpc) is 2.92. The third-order valence-corrected chi connectivity index (χ3v) is 3.68. The number of amides is 1. The number of hydrogen-bond acceptors (Lipinski definition) is 7. The number of carbonyl (C=O) groups is 2. The van der Waals surface area contributed by atoms with Crippen molar-refractivity contribution in [1.29, 1.82) is 0 Å². The molecule has 0 saturated carbocycles. The van der Waals surface area contributed by atoms with Crippen LogP contribution in [0.15, 0.2) is 34.3 Å². The number of rotatable bonds is 8. The maximum Gasteiger partial charge on any atom is 0.302 e. The summed E-state index contributed by atoms with van der Waals surface area (Å²) in [4.78, 5) is 26.2. The van der Waals surface area contributed by atoms with Gasteiger partial charge in [0.05, 0.1) is 11.5 Å². The van der Waals surface area contributed by atoms with Crippen LogP contribution < -0.4 is 5.73 Å². The predicted octanol–water partition coefficient (Wildman–Crippen LogP) is 1.20. The van der Waals surface area contributed by atoms with Crippen molar-refractivity contribution in [3.8, 4) is 0 Å². The van der Waals surface area contributed by atoms with E-state index in [1.54, 1.807) is 18.2 Å². The molecule has 2 aromatic rings. The van der Waals surface area contributed by atoms with Crippen molar-refractivity contribution in [2.75, 3.05) is 13.2 Å². The highest BCUT2D eigenvalue weighted by Crippen LogP contribution is 2.28. The van der Waals surface area contributed by atoms with E-state index in [4.69, 9.17) is 15.2 Å². The normalized spacial score (nSPS) is 10.6. The quantitative estimate of drug-likeness (QED) is 0.560. The fraction of sp³-hybridized carbons (Fsp3) is 0.286. The van der Waals surface area contributed by atoms with Crippen molar-refractivity contribution in [3.63, 3.8) is 0 Å². The second-order valence-corrected chi connectivity index (χ2v) is 5.50. The van der Waals surface area contributed by atoms with Gasteiger partial charge in [-0.2, -0.15) is 4.98 Å². The molecule has 1 amide bonds. The number of ether oxygens (including phenoxy) is 2. The average molecular weight is 354 g/mol. The maximum atomic E-state index is 13.8. The van der Waals surface area contributed by atoms with Gasteiger partial charge in [-0.05, 0) is 23.9 Å². The van der Waals surface area contributed by atoms with Gasteiger partial charge in [-0.25, -0.2) is 9.07 Å². The third-order valence-electron chi connectivity index (χ3n) is 2.64. The zero-order valence-electron chi connectivity index (χ0n) is 12.8. The number of carbonyl (C=O) groups excluding carboxylic acids is 2. The first kappa shape index (κ1) is 17.9. The lowest BCUT2D eigenvalue weighted by atomic mass is 10.4. The van der Waals surface area contributed by atoms with Crippen molar-refractivity contribution < 1.29 is 23.5 Å². The molecule has 1 aromatic carbocycles. The van der Waals surface area contributed by atoms with E-state index in [0.29, 0.717) is 4.90 Å². The number of nitrogens with zero attached hydrogens (tertiary/aromatic N) is 3. The molecular formula is C14H15FN4O4S. The zero-order chi connectivity index (χ0) is 17.5. The molecule has 0 atom stereocenters. The monoisotopic (exact) mass is 354 g/mol. The topological polar surface area (TPSA) is 109 Å². The Kier molecular flexibility index (Phi) is 6.27. The molecule has 0 bridgehead atoms. The van der Waals surface area contributed by atoms with Gasteiger partial charge in [-0.1, -0.05) is 12.1 Å². The first-order valence-electron chi connectivity index (χ1n) is 6.85. The first-order valence-corrected chi connectivity index (χ1v) is 7.67. The molecular weight excluding hydrogens is 339 g/mol. The van der Waals surface area contributed by atoms with Crippen LogP contribution in [0.4, 0.5) is 4.39 Å². The Morgan fingerprint density at radius 2 is 2.08 bits per heavy atom. The fourth-order valence-electron chi connectivity index (χ4n) is 1.61. The van der Waals surface area contributed by atoms with E-state index >= 15 is 0 Å². The molecule has 24 heavy (non-hydrogen) atoms. The first-order chi connectivity index (χ1) is 11.5. The molecule has 10 heteroatoms. The second-order valence-electron chi connectivity index (χ2n) is 4.49. The van der Waals surface area contributed by atoms with Crippen LogP contribution in [-0.2, 0) is 21.0 Å². The van der Waals surface area contributed by atoms with Crippen LogP contribution in [0.5, 0.6) is 0 Å². The van der Waals surface area contributed by atoms with E-state index in [0.717, 1.165) is 11.8 Å². The lowest BCUT2D eigenvalue weighted by Gasteiger charge is -2.07. The lowest BCUT2D eigenvalue weighted by Crippen LogP contribution is -2.15. The molecule has 0 spiro atoms. The number of benzene rings is 1. The summed E-state index contributed by atoms with van der Waals surface area (Å²) in [6.07, 6.45) is 0. The molecule has 128 valence electrons. The van der Waals surface area contributed by atoms with Crippen LogP contribution in [0.1, 0.15) is 17.5 Å².